The summed E-state index contributed by atoms with van der Waals surface area (Å²) in [5.74, 6) is 0.208. The second-order valence-electron chi connectivity index (χ2n) is 3.73. The van der Waals surface area contributed by atoms with Crippen LogP contribution in [0.2, 0.25) is 0 Å². The van der Waals surface area contributed by atoms with Crippen LogP contribution in [0, 0.1) is 0 Å². The Morgan fingerprint density at radius 1 is 1.56 bits per heavy atom. The van der Waals surface area contributed by atoms with Crippen molar-refractivity contribution in [2.24, 2.45) is 0 Å². The van der Waals surface area contributed by atoms with Gasteiger partial charge in [-0.2, -0.15) is 0 Å². The molecule has 1 aliphatic rings. The fraction of sp³-hybridized carbons (Fsp3) is 0.333. The number of ether oxygens (including phenoxy) is 1. The number of anilines is 2. The van der Waals surface area contributed by atoms with Crippen molar-refractivity contribution in [3.8, 4) is 0 Å². The van der Waals surface area contributed by atoms with E-state index in [0.717, 1.165) is 10.6 Å². The lowest BCUT2D eigenvalue weighted by atomic mass is 10.2. The lowest BCUT2D eigenvalue weighted by Crippen LogP contribution is -2.20. The van der Waals surface area contributed by atoms with Crippen LogP contribution in [0.1, 0.15) is 6.92 Å². The molecule has 1 aliphatic heterocycles. The third-order valence-electron chi connectivity index (χ3n) is 2.33. The van der Waals surface area contributed by atoms with Crippen LogP contribution in [-0.4, -0.2) is 30.8 Å². The lowest BCUT2D eigenvalue weighted by Gasteiger charge is -2.17. The molecule has 2 amide bonds. The van der Waals surface area contributed by atoms with E-state index < -0.39 is 0 Å². The summed E-state index contributed by atoms with van der Waals surface area (Å²) in [5, 5.41) is 5.49. The van der Waals surface area contributed by atoms with E-state index in [9.17, 15) is 9.59 Å². The van der Waals surface area contributed by atoms with E-state index in [1.807, 2.05) is 19.1 Å². The van der Waals surface area contributed by atoms with E-state index >= 15 is 0 Å². The lowest BCUT2D eigenvalue weighted by molar-refractivity contribution is -0.120. The van der Waals surface area contributed by atoms with Crippen molar-refractivity contribution < 1.29 is 14.3 Å². The first-order chi connectivity index (χ1) is 8.69. The molecule has 0 fully saturated rings. The number of thioether (sulfide) groups is 1. The van der Waals surface area contributed by atoms with Gasteiger partial charge in [-0.25, -0.2) is 0 Å². The number of fused-ring (bicyclic) bond motifs is 1. The second kappa shape index (κ2) is 5.88. The normalized spacial score (nSPS) is 13.7. The van der Waals surface area contributed by atoms with Gasteiger partial charge >= 0.3 is 0 Å². The average molecular weight is 266 g/mol. The van der Waals surface area contributed by atoms with Gasteiger partial charge in [0.2, 0.25) is 11.8 Å². The maximum absolute atomic E-state index is 11.5. The van der Waals surface area contributed by atoms with Crippen LogP contribution in [0.15, 0.2) is 23.1 Å². The summed E-state index contributed by atoms with van der Waals surface area (Å²) in [6.07, 6.45) is 0. The molecule has 0 spiro atoms. The molecule has 0 unspecified atom stereocenters. The summed E-state index contributed by atoms with van der Waals surface area (Å²) in [7, 11) is 0. The standard InChI is InChI=1S/C12H14N2O3S/c1-2-17-6-11(15)13-8-3-4-10-9(5-8)14-12(16)7-18-10/h3-5H,2,6-7H2,1H3,(H,13,15)(H,14,16). The summed E-state index contributed by atoms with van der Waals surface area (Å²) in [5.41, 5.74) is 1.40. The van der Waals surface area contributed by atoms with Gasteiger partial charge in [0.05, 0.1) is 11.4 Å². The zero-order valence-corrected chi connectivity index (χ0v) is 10.8. The molecule has 0 saturated heterocycles. The number of nitrogens with one attached hydrogen (secondary N) is 2. The quantitative estimate of drug-likeness (QED) is 0.870. The van der Waals surface area contributed by atoms with Crippen LogP contribution in [0.4, 0.5) is 11.4 Å². The highest BCUT2D eigenvalue weighted by molar-refractivity contribution is 8.00. The van der Waals surface area contributed by atoms with Gasteiger partial charge < -0.3 is 15.4 Å². The Balaban J connectivity index is 2.04. The molecule has 1 aromatic carbocycles. The average Bonchev–Trinajstić information content (AvgIpc) is 2.36. The van der Waals surface area contributed by atoms with Crippen molar-refractivity contribution in [1.82, 2.24) is 0 Å². The van der Waals surface area contributed by atoms with Crippen molar-refractivity contribution >= 4 is 35.0 Å². The number of hydrogen-bond donors (Lipinski definition) is 2. The highest BCUT2D eigenvalue weighted by Crippen LogP contribution is 2.33. The molecule has 0 radical (unpaired) electrons. The van der Waals surface area contributed by atoms with Crippen molar-refractivity contribution in [2.45, 2.75) is 11.8 Å². The first-order valence-electron chi connectivity index (χ1n) is 5.63. The Labute approximate surface area is 109 Å². The largest absolute Gasteiger partial charge is 0.372 e. The molecule has 0 bridgehead atoms. The van der Waals surface area contributed by atoms with Crippen LogP contribution in [0.5, 0.6) is 0 Å². The monoisotopic (exact) mass is 266 g/mol. The van der Waals surface area contributed by atoms with Crippen molar-refractivity contribution in [1.29, 1.82) is 0 Å². The van der Waals surface area contributed by atoms with Gasteiger partial charge in [-0.3, -0.25) is 9.59 Å². The Morgan fingerprint density at radius 2 is 2.39 bits per heavy atom. The number of hydrogen-bond acceptors (Lipinski definition) is 4. The van der Waals surface area contributed by atoms with Crippen LogP contribution in [-0.2, 0) is 14.3 Å². The zero-order chi connectivity index (χ0) is 13.0. The van der Waals surface area contributed by atoms with Gasteiger partial charge in [-0.1, -0.05) is 0 Å². The van der Waals surface area contributed by atoms with Gasteiger partial charge in [-0.15, -0.1) is 11.8 Å². The van der Waals surface area contributed by atoms with E-state index in [0.29, 0.717) is 18.0 Å². The van der Waals surface area contributed by atoms with E-state index in [-0.39, 0.29) is 18.4 Å². The van der Waals surface area contributed by atoms with Gasteiger partial charge in [0.15, 0.2) is 0 Å². The summed E-state index contributed by atoms with van der Waals surface area (Å²) < 4.78 is 5.01. The van der Waals surface area contributed by atoms with Crippen LogP contribution >= 0.6 is 11.8 Å². The number of rotatable bonds is 4. The predicted molar refractivity (Wildman–Crippen MR) is 70.9 cm³/mol. The molecule has 0 saturated carbocycles. The van der Waals surface area contributed by atoms with Crippen LogP contribution in [0.25, 0.3) is 0 Å². The first-order valence-corrected chi connectivity index (χ1v) is 6.62. The van der Waals surface area contributed by atoms with Crippen molar-refractivity contribution in [2.75, 3.05) is 29.6 Å². The minimum absolute atomic E-state index is 0.0229. The third kappa shape index (κ3) is 3.24. The van der Waals surface area contributed by atoms with Gasteiger partial charge in [0.25, 0.3) is 0 Å². The molecule has 2 rings (SSSR count). The van der Waals surface area contributed by atoms with Gasteiger partial charge in [0.1, 0.15) is 6.61 Å². The minimum Gasteiger partial charge on any atom is -0.372 e. The number of carbonyl (C=O) groups is 2. The Morgan fingerprint density at radius 3 is 3.17 bits per heavy atom. The highest BCUT2D eigenvalue weighted by Gasteiger charge is 2.15. The summed E-state index contributed by atoms with van der Waals surface area (Å²) in [6, 6.07) is 5.45. The SMILES string of the molecule is CCOCC(=O)Nc1ccc2c(c1)NC(=O)CS2. The van der Waals surface area contributed by atoms with E-state index in [2.05, 4.69) is 10.6 Å². The zero-order valence-electron chi connectivity index (χ0n) is 9.99. The minimum atomic E-state index is -0.202. The molecule has 0 atom stereocenters. The Hall–Kier alpha value is -1.53. The van der Waals surface area contributed by atoms with Crippen molar-refractivity contribution in [3.63, 3.8) is 0 Å². The molecule has 96 valence electrons. The van der Waals surface area contributed by atoms with Crippen LogP contribution in [0.3, 0.4) is 0 Å². The molecule has 1 heterocycles. The summed E-state index contributed by atoms with van der Waals surface area (Å²) >= 11 is 1.49. The molecular formula is C12H14N2O3S. The first kappa shape index (κ1) is 12.9. The maximum Gasteiger partial charge on any atom is 0.250 e. The molecule has 0 aliphatic carbocycles. The van der Waals surface area contributed by atoms with Gasteiger partial charge in [0, 0.05) is 17.2 Å². The number of amides is 2. The number of benzene rings is 1. The number of carbonyl (C=O) groups excluding carboxylic acids is 2. The Bertz CT molecular complexity index is 476. The molecule has 2 N–H and O–H groups in total. The van der Waals surface area contributed by atoms with E-state index in [1.54, 1.807) is 6.07 Å². The molecule has 6 heteroatoms. The summed E-state index contributed by atoms with van der Waals surface area (Å²) in [4.78, 5) is 23.7. The predicted octanol–water partition coefficient (Wildman–Crippen LogP) is 1.71. The Kier molecular flexibility index (Phi) is 4.22. The van der Waals surface area contributed by atoms with Gasteiger partial charge in [-0.05, 0) is 25.1 Å². The van der Waals surface area contributed by atoms with Crippen molar-refractivity contribution in [3.05, 3.63) is 18.2 Å². The molecule has 1 aromatic rings. The van der Waals surface area contributed by atoms with E-state index in [1.165, 1.54) is 11.8 Å². The third-order valence-corrected chi connectivity index (χ3v) is 3.41. The topological polar surface area (TPSA) is 67.4 Å². The molecule has 18 heavy (non-hydrogen) atoms. The summed E-state index contributed by atoms with van der Waals surface area (Å²) in [6.45, 7) is 2.37. The molecule has 0 aromatic heterocycles. The molecular weight excluding hydrogens is 252 g/mol. The molecule has 5 nitrogen and oxygen atoms in total. The highest BCUT2D eigenvalue weighted by atomic mass is 32.2. The van der Waals surface area contributed by atoms with Crippen LogP contribution < -0.4 is 10.6 Å². The van der Waals surface area contributed by atoms with E-state index in [4.69, 9.17) is 4.74 Å². The fourth-order valence-corrected chi connectivity index (χ4v) is 2.34. The second-order valence-corrected chi connectivity index (χ2v) is 4.75. The maximum atomic E-state index is 11.5. The fourth-order valence-electron chi connectivity index (χ4n) is 1.55. The smallest absolute Gasteiger partial charge is 0.250 e.